The summed E-state index contributed by atoms with van der Waals surface area (Å²) in [5.41, 5.74) is 8.09. The Hall–Kier alpha value is -4.23. The highest BCUT2D eigenvalue weighted by Crippen LogP contribution is 2.27. The average Bonchev–Trinajstić information content (AvgIpc) is 3.22. The minimum Gasteiger partial charge on any atom is -0.381 e. The van der Waals surface area contributed by atoms with E-state index in [-0.39, 0.29) is 30.7 Å². The fourth-order valence-electron chi connectivity index (χ4n) is 4.09. The van der Waals surface area contributed by atoms with Crippen LogP contribution in [0.15, 0.2) is 42.5 Å². The number of hydrogen-bond acceptors (Lipinski definition) is 6. The molecule has 2 heterocycles. The van der Waals surface area contributed by atoms with E-state index < -0.39 is 11.8 Å². The molecule has 1 aliphatic heterocycles. The molecule has 0 unspecified atom stereocenters. The number of carbonyl (C=O) groups excluding carboxylic acids is 3. The van der Waals surface area contributed by atoms with Crippen LogP contribution in [0.4, 0.5) is 11.6 Å². The van der Waals surface area contributed by atoms with Gasteiger partial charge in [-0.2, -0.15) is 5.26 Å². The van der Waals surface area contributed by atoms with Gasteiger partial charge in [-0.15, -0.1) is 0 Å². The largest absolute Gasteiger partial charge is 0.381 e. The van der Waals surface area contributed by atoms with Gasteiger partial charge in [0, 0.05) is 50.4 Å². The summed E-state index contributed by atoms with van der Waals surface area (Å²) in [4.78, 5) is 43.4. The van der Waals surface area contributed by atoms with Gasteiger partial charge in [-0.25, -0.2) is 4.98 Å². The number of ether oxygens (including phenoxy) is 1. The molecule has 2 aromatic carbocycles. The number of imidazole rings is 1. The molecule has 3 aromatic rings. The number of hydrogen-bond donors (Lipinski definition) is 2. The van der Waals surface area contributed by atoms with E-state index in [1.54, 1.807) is 46.8 Å². The zero-order valence-corrected chi connectivity index (χ0v) is 19.4. The summed E-state index contributed by atoms with van der Waals surface area (Å²) in [6.45, 7) is 1.39. The second-order valence-electron chi connectivity index (χ2n) is 8.40. The Morgan fingerprint density at radius 1 is 1.20 bits per heavy atom. The summed E-state index contributed by atoms with van der Waals surface area (Å²) < 4.78 is 7.07. The van der Waals surface area contributed by atoms with E-state index in [0.29, 0.717) is 53.9 Å². The van der Waals surface area contributed by atoms with Gasteiger partial charge in [-0.05, 0) is 55.3 Å². The number of fused-ring (bicyclic) bond motifs is 1. The van der Waals surface area contributed by atoms with E-state index in [9.17, 15) is 14.4 Å². The van der Waals surface area contributed by atoms with Crippen LogP contribution in [0.25, 0.3) is 11.0 Å². The van der Waals surface area contributed by atoms with Crippen molar-refractivity contribution < 1.29 is 19.1 Å². The van der Waals surface area contributed by atoms with Crippen LogP contribution in [0.1, 0.15) is 35.2 Å². The summed E-state index contributed by atoms with van der Waals surface area (Å²) in [6.07, 6.45) is 1.45. The molecule has 180 valence electrons. The molecule has 3 N–H and O–H groups in total. The molecule has 0 spiro atoms. The zero-order valence-electron chi connectivity index (χ0n) is 19.4. The Morgan fingerprint density at radius 2 is 1.91 bits per heavy atom. The molecule has 0 aliphatic carbocycles. The number of aryl methyl sites for hydroxylation is 1. The van der Waals surface area contributed by atoms with E-state index in [1.165, 1.54) is 0 Å². The molecule has 10 heteroatoms. The molecule has 1 aromatic heterocycles. The highest BCUT2D eigenvalue weighted by molar-refractivity contribution is 6.04. The lowest BCUT2D eigenvalue weighted by Crippen LogP contribution is -2.35. The number of nitriles is 1. The number of primary amides is 1. The zero-order chi connectivity index (χ0) is 24.9. The van der Waals surface area contributed by atoms with Crippen LogP contribution >= 0.6 is 0 Å². The van der Waals surface area contributed by atoms with E-state index in [0.717, 1.165) is 0 Å². The SMILES string of the molecule is CN(C(=O)C1CCOCC1)c1ccc2c(c1)nc(NC(=O)c1ccc(C#N)cc1)n2CCC(N)=O. The van der Waals surface area contributed by atoms with Gasteiger partial charge in [-0.1, -0.05) is 0 Å². The fourth-order valence-corrected chi connectivity index (χ4v) is 4.09. The normalized spacial score (nSPS) is 13.8. The lowest BCUT2D eigenvalue weighted by molar-refractivity contribution is -0.124. The van der Waals surface area contributed by atoms with Crippen molar-refractivity contribution in [3.05, 3.63) is 53.6 Å². The third kappa shape index (κ3) is 5.31. The number of nitrogens with two attached hydrogens (primary N) is 1. The molecule has 0 atom stereocenters. The smallest absolute Gasteiger partial charge is 0.257 e. The first-order chi connectivity index (χ1) is 16.9. The van der Waals surface area contributed by atoms with Gasteiger partial charge in [0.15, 0.2) is 0 Å². The van der Waals surface area contributed by atoms with Gasteiger partial charge in [0.1, 0.15) is 0 Å². The minimum atomic E-state index is -0.477. The van der Waals surface area contributed by atoms with Crippen molar-refractivity contribution in [3.8, 4) is 6.07 Å². The standard InChI is InChI=1S/C25H26N6O4/c1-30(24(34)18-9-12-35-13-10-18)19-6-7-21-20(14-19)28-25(31(21)11-8-22(27)32)29-23(33)17-4-2-16(15-26)3-5-17/h2-7,14,18H,8-13H2,1H3,(H2,27,32)(H,28,29,33). The van der Waals surface area contributed by atoms with Gasteiger partial charge in [0.2, 0.25) is 17.8 Å². The van der Waals surface area contributed by atoms with Crippen LogP contribution < -0.4 is 16.0 Å². The lowest BCUT2D eigenvalue weighted by atomic mass is 9.98. The van der Waals surface area contributed by atoms with E-state index in [4.69, 9.17) is 15.7 Å². The Bertz CT molecular complexity index is 1300. The van der Waals surface area contributed by atoms with Crippen LogP contribution in [-0.2, 0) is 20.9 Å². The predicted octanol–water partition coefficient (Wildman–Crippen LogP) is 2.43. The Balaban J connectivity index is 1.63. The number of aromatic nitrogens is 2. The van der Waals surface area contributed by atoms with Crippen LogP contribution in [0.5, 0.6) is 0 Å². The van der Waals surface area contributed by atoms with Crippen molar-refractivity contribution in [2.24, 2.45) is 11.7 Å². The van der Waals surface area contributed by atoms with Crippen molar-refractivity contribution >= 4 is 40.4 Å². The van der Waals surface area contributed by atoms with Crippen molar-refractivity contribution in [2.75, 3.05) is 30.5 Å². The summed E-state index contributed by atoms with van der Waals surface area (Å²) in [5, 5.41) is 11.7. The number of amides is 3. The van der Waals surface area contributed by atoms with E-state index in [2.05, 4.69) is 10.3 Å². The number of rotatable bonds is 7. The quantitative estimate of drug-likeness (QED) is 0.538. The maximum Gasteiger partial charge on any atom is 0.257 e. The van der Waals surface area contributed by atoms with Crippen molar-refractivity contribution in [2.45, 2.75) is 25.8 Å². The third-order valence-electron chi connectivity index (χ3n) is 6.10. The van der Waals surface area contributed by atoms with E-state index >= 15 is 0 Å². The van der Waals surface area contributed by atoms with Gasteiger partial charge in [0.05, 0.1) is 22.7 Å². The second-order valence-corrected chi connectivity index (χ2v) is 8.40. The predicted molar refractivity (Wildman–Crippen MR) is 130 cm³/mol. The number of benzene rings is 2. The summed E-state index contributed by atoms with van der Waals surface area (Å²) in [7, 11) is 1.73. The average molecular weight is 475 g/mol. The van der Waals surface area contributed by atoms with E-state index in [1.807, 2.05) is 18.2 Å². The monoisotopic (exact) mass is 474 g/mol. The molecule has 10 nitrogen and oxygen atoms in total. The molecule has 1 saturated heterocycles. The Morgan fingerprint density at radius 3 is 2.57 bits per heavy atom. The number of nitrogens with zero attached hydrogens (tertiary/aromatic N) is 4. The molecule has 1 fully saturated rings. The maximum atomic E-state index is 12.9. The first-order valence-electron chi connectivity index (χ1n) is 11.3. The first-order valence-corrected chi connectivity index (χ1v) is 11.3. The van der Waals surface area contributed by atoms with Crippen LogP contribution in [-0.4, -0.2) is 47.5 Å². The van der Waals surface area contributed by atoms with Crippen LogP contribution in [0.3, 0.4) is 0 Å². The highest BCUT2D eigenvalue weighted by atomic mass is 16.5. The second kappa shape index (κ2) is 10.4. The molecule has 0 bridgehead atoms. The Kier molecular flexibility index (Phi) is 7.08. The molecular formula is C25H26N6O4. The highest BCUT2D eigenvalue weighted by Gasteiger charge is 2.26. The van der Waals surface area contributed by atoms with Crippen molar-refractivity contribution in [1.82, 2.24) is 9.55 Å². The molecule has 0 radical (unpaired) electrons. The summed E-state index contributed by atoms with van der Waals surface area (Å²) >= 11 is 0. The number of carbonyl (C=O) groups is 3. The topological polar surface area (TPSA) is 143 Å². The molecule has 4 rings (SSSR count). The lowest BCUT2D eigenvalue weighted by Gasteiger charge is -2.26. The summed E-state index contributed by atoms with van der Waals surface area (Å²) in [5.74, 6) is -0.687. The van der Waals surface area contributed by atoms with Crippen LogP contribution in [0, 0.1) is 17.2 Å². The molecule has 35 heavy (non-hydrogen) atoms. The van der Waals surface area contributed by atoms with Crippen LogP contribution in [0.2, 0.25) is 0 Å². The summed E-state index contributed by atoms with van der Waals surface area (Å²) in [6, 6.07) is 13.6. The number of anilines is 2. The Labute approximate surface area is 202 Å². The molecule has 0 saturated carbocycles. The minimum absolute atomic E-state index is 0.0233. The van der Waals surface area contributed by atoms with Crippen molar-refractivity contribution in [3.63, 3.8) is 0 Å². The van der Waals surface area contributed by atoms with Gasteiger partial charge < -0.3 is 19.9 Å². The maximum absolute atomic E-state index is 12.9. The van der Waals surface area contributed by atoms with Gasteiger partial charge in [0.25, 0.3) is 5.91 Å². The van der Waals surface area contributed by atoms with Gasteiger partial charge in [-0.3, -0.25) is 19.7 Å². The molecule has 1 aliphatic rings. The first kappa shape index (κ1) is 23.9. The number of nitrogens with one attached hydrogen (secondary N) is 1. The van der Waals surface area contributed by atoms with Gasteiger partial charge >= 0.3 is 0 Å². The molecule has 3 amide bonds. The third-order valence-corrected chi connectivity index (χ3v) is 6.10. The molecular weight excluding hydrogens is 448 g/mol. The fraction of sp³-hybridized carbons (Fsp3) is 0.320. The van der Waals surface area contributed by atoms with Crippen molar-refractivity contribution in [1.29, 1.82) is 5.26 Å².